The van der Waals surface area contributed by atoms with Crippen molar-refractivity contribution in [3.8, 4) is 0 Å². The van der Waals surface area contributed by atoms with E-state index in [1.165, 1.54) is 17.7 Å². The van der Waals surface area contributed by atoms with Crippen LogP contribution in [0.25, 0.3) is 0 Å². The van der Waals surface area contributed by atoms with Gasteiger partial charge < -0.3 is 19.9 Å². The Morgan fingerprint density at radius 3 is 2.26 bits per heavy atom. The molecule has 1 heterocycles. The van der Waals surface area contributed by atoms with Crippen LogP contribution in [0.5, 0.6) is 0 Å². The number of rotatable bonds is 9. The van der Waals surface area contributed by atoms with Crippen LogP contribution >= 0.6 is 0 Å². The number of aliphatic carboxylic acids is 1. The number of nitrogens with zero attached hydrogens (tertiary/aromatic N) is 2. The quantitative estimate of drug-likeness (QED) is 0.441. The van der Waals surface area contributed by atoms with Crippen LogP contribution in [0.1, 0.15) is 63.3 Å². The lowest BCUT2D eigenvalue weighted by Crippen LogP contribution is -2.35. The van der Waals surface area contributed by atoms with Crippen LogP contribution in [-0.2, 0) is 11.4 Å². The molecule has 27 heavy (non-hydrogen) atoms. The number of ketones is 1. The molecule has 8 nitrogen and oxygen atoms in total. The van der Waals surface area contributed by atoms with E-state index >= 15 is 0 Å². The first-order valence-electron chi connectivity index (χ1n) is 8.90. The first kappa shape index (κ1) is 22.7. The lowest BCUT2D eigenvalue weighted by molar-refractivity contribution is -0.130. The van der Waals surface area contributed by atoms with E-state index in [1.807, 2.05) is 6.92 Å². The van der Waals surface area contributed by atoms with Crippen molar-refractivity contribution in [2.45, 2.75) is 59.9 Å². The minimum atomic E-state index is -1.34. The highest BCUT2D eigenvalue weighted by atomic mass is 16.4. The maximum atomic E-state index is 12.0. The van der Waals surface area contributed by atoms with Crippen molar-refractivity contribution in [2.24, 2.45) is 16.8 Å². The number of pyridine rings is 1. The number of carbonyl (C=O) groups is 2. The number of Topliss-reactive ketones (excluding diaryl/α,β-unsaturated/α-hetero) is 1. The number of carboxylic acid groups (broad SMARTS) is 1. The van der Waals surface area contributed by atoms with Crippen LogP contribution in [-0.4, -0.2) is 43.5 Å². The van der Waals surface area contributed by atoms with Gasteiger partial charge in [-0.05, 0) is 18.8 Å². The lowest BCUT2D eigenvalue weighted by atomic mass is 9.97. The molecule has 0 bridgehead atoms. The summed E-state index contributed by atoms with van der Waals surface area (Å²) in [5, 5.41) is 29.5. The largest absolute Gasteiger partial charge is 0.477 e. The molecule has 3 unspecified atom stereocenters. The average Bonchev–Trinajstić information content (AvgIpc) is 2.60. The van der Waals surface area contributed by atoms with Crippen molar-refractivity contribution in [3.05, 3.63) is 33.7 Å². The number of hydrogen-bond acceptors (Lipinski definition) is 6. The number of aliphatic hydroxyl groups is 2. The van der Waals surface area contributed by atoms with Gasteiger partial charge in [0.05, 0.1) is 12.2 Å². The summed E-state index contributed by atoms with van der Waals surface area (Å²) in [6, 6.07) is 1.15. The van der Waals surface area contributed by atoms with E-state index in [0.717, 1.165) is 6.07 Å². The van der Waals surface area contributed by atoms with Crippen molar-refractivity contribution in [3.63, 3.8) is 0 Å². The number of carboxylic acids is 1. The fourth-order valence-electron chi connectivity index (χ4n) is 2.65. The first-order valence-corrected chi connectivity index (χ1v) is 8.90. The van der Waals surface area contributed by atoms with Crippen molar-refractivity contribution >= 4 is 17.5 Å². The average molecular weight is 380 g/mol. The molecule has 1 aromatic rings. The highest BCUT2D eigenvalue weighted by Crippen LogP contribution is 2.23. The second kappa shape index (κ2) is 9.57. The van der Waals surface area contributed by atoms with Gasteiger partial charge in [0.25, 0.3) is 0 Å². The molecular weight excluding hydrogens is 352 g/mol. The van der Waals surface area contributed by atoms with E-state index in [2.05, 4.69) is 4.99 Å². The van der Waals surface area contributed by atoms with Gasteiger partial charge >= 0.3 is 5.97 Å². The van der Waals surface area contributed by atoms with Gasteiger partial charge in [0.2, 0.25) is 0 Å². The van der Waals surface area contributed by atoms with Crippen molar-refractivity contribution in [2.75, 3.05) is 0 Å². The van der Waals surface area contributed by atoms with Gasteiger partial charge in [-0.1, -0.05) is 34.1 Å². The Bertz CT molecular complexity index is 781. The number of carbonyl (C=O) groups excluding carboxylic acids is 1. The van der Waals surface area contributed by atoms with E-state index in [0.29, 0.717) is 6.42 Å². The maximum absolute atomic E-state index is 12.0. The Labute approximate surface area is 158 Å². The molecule has 1 aromatic heterocycles. The van der Waals surface area contributed by atoms with Gasteiger partial charge in [-0.2, -0.15) is 0 Å². The topological polar surface area (TPSA) is 129 Å². The summed E-state index contributed by atoms with van der Waals surface area (Å²) in [6.07, 6.45) is -0.234. The summed E-state index contributed by atoms with van der Waals surface area (Å²) in [6.45, 7) is 7.90. The van der Waals surface area contributed by atoms with E-state index in [9.17, 15) is 29.7 Å². The van der Waals surface area contributed by atoms with Gasteiger partial charge in [-0.3, -0.25) is 14.6 Å². The Balaban J connectivity index is 3.65. The van der Waals surface area contributed by atoms with Gasteiger partial charge in [-0.25, -0.2) is 4.79 Å². The van der Waals surface area contributed by atoms with Crippen LogP contribution in [0.2, 0.25) is 0 Å². The maximum Gasteiger partial charge on any atom is 0.352 e. The van der Waals surface area contributed by atoms with Crippen LogP contribution in [0.4, 0.5) is 0 Å². The van der Waals surface area contributed by atoms with E-state index in [4.69, 9.17) is 0 Å². The van der Waals surface area contributed by atoms with Gasteiger partial charge in [0.15, 0.2) is 16.9 Å². The molecule has 0 amide bonds. The standard InChI is InChI=1S/C19H28N2O6/c1-6-11(4)17(25)16(19(26)27)20-18(10(2)3)21-8-14(12(5)23)15(24)7-13(21)9-22/h7-8,10-11,17-18,22,25H,6,9H2,1-5H3,(H,26,27). The fourth-order valence-corrected chi connectivity index (χ4v) is 2.65. The summed E-state index contributed by atoms with van der Waals surface area (Å²) < 4.78 is 1.43. The Hall–Kier alpha value is -2.32. The zero-order chi connectivity index (χ0) is 20.9. The third kappa shape index (κ3) is 5.33. The molecule has 3 N–H and O–H groups in total. The van der Waals surface area contributed by atoms with E-state index in [-0.39, 0.29) is 23.1 Å². The molecule has 3 atom stereocenters. The van der Waals surface area contributed by atoms with Gasteiger partial charge in [0, 0.05) is 18.0 Å². The number of hydrogen-bond donors (Lipinski definition) is 3. The van der Waals surface area contributed by atoms with Crippen LogP contribution < -0.4 is 5.43 Å². The highest BCUT2D eigenvalue weighted by Gasteiger charge is 2.28. The molecule has 0 saturated heterocycles. The van der Waals surface area contributed by atoms with Crippen molar-refractivity contribution < 1.29 is 24.9 Å². The molecule has 0 fully saturated rings. The van der Waals surface area contributed by atoms with Crippen molar-refractivity contribution in [1.82, 2.24) is 4.57 Å². The summed E-state index contributed by atoms with van der Waals surface area (Å²) in [5.41, 5.74) is -0.787. The molecule has 0 aliphatic heterocycles. The second-order valence-corrected chi connectivity index (χ2v) is 6.97. The van der Waals surface area contributed by atoms with Crippen LogP contribution in [0.15, 0.2) is 22.1 Å². The van der Waals surface area contributed by atoms with E-state index < -0.39 is 41.8 Å². The lowest BCUT2D eigenvalue weighted by Gasteiger charge is -2.26. The minimum Gasteiger partial charge on any atom is -0.477 e. The normalized spacial score (nSPS) is 15.5. The number of aromatic nitrogens is 1. The van der Waals surface area contributed by atoms with Gasteiger partial charge in [0.1, 0.15) is 12.3 Å². The summed E-state index contributed by atoms with van der Waals surface area (Å²) in [5.74, 6) is -2.34. The molecule has 150 valence electrons. The summed E-state index contributed by atoms with van der Waals surface area (Å²) >= 11 is 0. The predicted octanol–water partition coefficient (Wildman–Crippen LogP) is 1.63. The molecule has 1 rings (SSSR count). The number of aliphatic hydroxyl groups excluding tert-OH is 2. The zero-order valence-electron chi connectivity index (χ0n) is 16.3. The Kier molecular flexibility index (Phi) is 8.05. The third-order valence-electron chi connectivity index (χ3n) is 4.54. The predicted molar refractivity (Wildman–Crippen MR) is 101 cm³/mol. The van der Waals surface area contributed by atoms with Gasteiger partial charge in [-0.15, -0.1) is 0 Å². The molecule has 0 aromatic carbocycles. The highest BCUT2D eigenvalue weighted by molar-refractivity contribution is 6.37. The molecule has 0 saturated carbocycles. The zero-order valence-corrected chi connectivity index (χ0v) is 16.3. The monoisotopic (exact) mass is 380 g/mol. The molecular formula is C19H28N2O6. The molecule has 0 aliphatic carbocycles. The summed E-state index contributed by atoms with van der Waals surface area (Å²) in [7, 11) is 0. The second-order valence-electron chi connectivity index (χ2n) is 6.97. The van der Waals surface area contributed by atoms with E-state index in [1.54, 1.807) is 20.8 Å². The smallest absolute Gasteiger partial charge is 0.352 e. The fraction of sp³-hybridized carbons (Fsp3) is 0.579. The molecule has 0 aliphatic rings. The number of aliphatic imine (C=N–C) groups is 1. The molecule has 0 radical (unpaired) electrons. The summed E-state index contributed by atoms with van der Waals surface area (Å²) in [4.78, 5) is 39.7. The minimum absolute atomic E-state index is 0.0765. The first-order chi connectivity index (χ1) is 12.5. The Morgan fingerprint density at radius 2 is 1.85 bits per heavy atom. The third-order valence-corrected chi connectivity index (χ3v) is 4.54. The molecule has 0 spiro atoms. The Morgan fingerprint density at radius 1 is 1.26 bits per heavy atom. The molecule has 8 heteroatoms. The van der Waals surface area contributed by atoms with Crippen LogP contribution in [0, 0.1) is 11.8 Å². The van der Waals surface area contributed by atoms with Crippen LogP contribution in [0.3, 0.4) is 0 Å². The SMILES string of the molecule is CCC(C)C(O)C(=NC(C(C)C)n1cc(C(C)=O)c(=O)cc1CO)C(=O)O. The van der Waals surface area contributed by atoms with Crippen molar-refractivity contribution in [1.29, 1.82) is 0 Å².